The van der Waals surface area contributed by atoms with E-state index in [0.717, 1.165) is 12.1 Å². The number of halogens is 4. The van der Waals surface area contributed by atoms with Crippen LogP contribution in [0.1, 0.15) is 24.1 Å². The molecule has 1 unspecified atom stereocenters. The summed E-state index contributed by atoms with van der Waals surface area (Å²) in [5.74, 6) is -0.966. The Balaban J connectivity index is 2.45. The number of benzene rings is 1. The number of hydrogen-bond acceptors (Lipinski definition) is 2. The third-order valence-electron chi connectivity index (χ3n) is 2.69. The van der Waals surface area contributed by atoms with Crippen LogP contribution in [0.15, 0.2) is 12.1 Å². The van der Waals surface area contributed by atoms with Crippen LogP contribution in [0.2, 0.25) is 0 Å². The van der Waals surface area contributed by atoms with E-state index in [1.165, 1.54) is 6.92 Å². The largest absolute Gasteiger partial charge is 0.374 e. The Bertz CT molecular complexity index is 412. The lowest BCUT2D eigenvalue weighted by atomic mass is 10.1. The first kappa shape index (κ1) is 15.9. The number of rotatable bonds is 7. The molecule has 1 aromatic carbocycles. The van der Waals surface area contributed by atoms with E-state index in [-0.39, 0.29) is 24.3 Å². The summed E-state index contributed by atoms with van der Waals surface area (Å²) in [7, 11) is 0. The molecule has 0 bridgehead atoms. The van der Waals surface area contributed by atoms with Gasteiger partial charge in [-0.3, -0.25) is 0 Å². The van der Waals surface area contributed by atoms with Crippen LogP contribution in [-0.2, 0) is 4.74 Å². The molecule has 2 nitrogen and oxygen atoms in total. The molecule has 0 aliphatic rings. The van der Waals surface area contributed by atoms with Crippen molar-refractivity contribution in [3.05, 3.63) is 34.9 Å². The van der Waals surface area contributed by atoms with E-state index in [0.29, 0.717) is 0 Å². The summed E-state index contributed by atoms with van der Waals surface area (Å²) in [6.45, 7) is 2.90. The molecular weight excluding hydrogens is 262 g/mol. The zero-order valence-corrected chi connectivity index (χ0v) is 10.9. The Morgan fingerprint density at radius 2 is 1.89 bits per heavy atom. The fraction of sp³-hybridized carbons (Fsp3) is 0.538. The topological polar surface area (TPSA) is 21.3 Å². The molecule has 1 atom stereocenters. The number of ether oxygens (including phenoxy) is 1. The maximum absolute atomic E-state index is 13.6. The van der Waals surface area contributed by atoms with Crippen molar-refractivity contribution in [1.29, 1.82) is 0 Å². The minimum atomic E-state index is -2.50. The van der Waals surface area contributed by atoms with Gasteiger partial charge in [0.25, 0.3) is 6.43 Å². The summed E-state index contributed by atoms with van der Waals surface area (Å²) in [5, 5.41) is 2.88. The van der Waals surface area contributed by atoms with Crippen molar-refractivity contribution in [2.45, 2.75) is 26.3 Å². The Morgan fingerprint density at radius 1 is 1.21 bits per heavy atom. The molecule has 0 aliphatic carbocycles. The predicted molar refractivity (Wildman–Crippen MR) is 64.3 cm³/mol. The average Bonchev–Trinajstić information content (AvgIpc) is 2.32. The zero-order valence-electron chi connectivity index (χ0n) is 10.9. The molecule has 0 spiro atoms. The van der Waals surface area contributed by atoms with E-state index >= 15 is 0 Å². The van der Waals surface area contributed by atoms with Crippen molar-refractivity contribution in [3.8, 4) is 0 Å². The van der Waals surface area contributed by atoms with E-state index in [1.54, 1.807) is 6.92 Å². The first-order valence-electron chi connectivity index (χ1n) is 5.96. The highest BCUT2D eigenvalue weighted by Crippen LogP contribution is 2.20. The van der Waals surface area contributed by atoms with E-state index in [2.05, 4.69) is 10.1 Å². The SMILES string of the molecule is Cc1cc(F)c(C(C)NCCOCC(F)F)cc1F. The summed E-state index contributed by atoms with van der Waals surface area (Å²) in [4.78, 5) is 0. The molecular formula is C13H17F4NO. The van der Waals surface area contributed by atoms with Crippen LogP contribution in [0.5, 0.6) is 0 Å². The highest BCUT2D eigenvalue weighted by Gasteiger charge is 2.13. The Kier molecular flexibility index (Phi) is 6.24. The van der Waals surface area contributed by atoms with Crippen molar-refractivity contribution in [3.63, 3.8) is 0 Å². The molecule has 19 heavy (non-hydrogen) atoms. The number of hydrogen-bond donors (Lipinski definition) is 1. The molecule has 0 aliphatic heterocycles. The molecule has 108 valence electrons. The standard InChI is InChI=1S/C13H17F4NO/c1-8-5-12(15)10(6-11(8)14)9(2)18-3-4-19-7-13(16)17/h5-6,9,13,18H,3-4,7H2,1-2H3. The zero-order chi connectivity index (χ0) is 14.4. The summed E-state index contributed by atoms with van der Waals surface area (Å²) in [6.07, 6.45) is -2.50. The highest BCUT2D eigenvalue weighted by atomic mass is 19.3. The van der Waals surface area contributed by atoms with Gasteiger partial charge in [-0.05, 0) is 31.5 Å². The van der Waals surface area contributed by atoms with Crippen molar-refractivity contribution < 1.29 is 22.3 Å². The lowest BCUT2D eigenvalue weighted by Crippen LogP contribution is -2.25. The van der Waals surface area contributed by atoms with Crippen LogP contribution in [0, 0.1) is 18.6 Å². The molecule has 0 saturated heterocycles. The monoisotopic (exact) mass is 279 g/mol. The minimum absolute atomic E-state index is 0.0879. The van der Waals surface area contributed by atoms with E-state index in [1.807, 2.05) is 0 Å². The van der Waals surface area contributed by atoms with Crippen LogP contribution in [0.4, 0.5) is 17.6 Å². The summed E-state index contributed by atoms with van der Waals surface area (Å²) in [5.41, 5.74) is 0.450. The Hall–Kier alpha value is -1.14. The normalized spacial score (nSPS) is 13.0. The molecule has 1 N–H and O–H groups in total. The third kappa shape index (κ3) is 5.16. The first-order valence-corrected chi connectivity index (χ1v) is 5.96. The summed E-state index contributed by atoms with van der Waals surface area (Å²) >= 11 is 0. The van der Waals surface area contributed by atoms with Gasteiger partial charge in [0, 0.05) is 18.2 Å². The Morgan fingerprint density at radius 3 is 2.53 bits per heavy atom. The molecule has 1 rings (SSSR count). The lowest BCUT2D eigenvalue weighted by molar-refractivity contribution is 0.0183. The molecule has 6 heteroatoms. The number of aryl methyl sites for hydroxylation is 1. The van der Waals surface area contributed by atoms with Gasteiger partial charge in [0.05, 0.1) is 6.61 Å². The van der Waals surface area contributed by atoms with Gasteiger partial charge in [-0.2, -0.15) is 0 Å². The van der Waals surface area contributed by atoms with Crippen molar-refractivity contribution in [2.75, 3.05) is 19.8 Å². The lowest BCUT2D eigenvalue weighted by Gasteiger charge is -2.16. The van der Waals surface area contributed by atoms with Gasteiger partial charge in [0.2, 0.25) is 0 Å². The van der Waals surface area contributed by atoms with Gasteiger partial charge in [-0.1, -0.05) is 0 Å². The van der Waals surface area contributed by atoms with Gasteiger partial charge < -0.3 is 10.1 Å². The quantitative estimate of drug-likeness (QED) is 0.611. The fourth-order valence-corrected chi connectivity index (χ4v) is 1.62. The second kappa shape index (κ2) is 7.45. The van der Waals surface area contributed by atoms with Crippen molar-refractivity contribution in [2.24, 2.45) is 0 Å². The number of nitrogens with one attached hydrogen (secondary N) is 1. The van der Waals surface area contributed by atoms with Gasteiger partial charge in [0.1, 0.15) is 18.2 Å². The third-order valence-corrected chi connectivity index (χ3v) is 2.69. The second-order valence-corrected chi connectivity index (χ2v) is 4.26. The van der Waals surface area contributed by atoms with Crippen LogP contribution in [-0.4, -0.2) is 26.2 Å². The molecule has 0 radical (unpaired) electrons. The van der Waals surface area contributed by atoms with Crippen LogP contribution < -0.4 is 5.32 Å². The van der Waals surface area contributed by atoms with Gasteiger partial charge in [0.15, 0.2) is 0 Å². The predicted octanol–water partition coefficient (Wildman–Crippen LogP) is 3.21. The van der Waals surface area contributed by atoms with Gasteiger partial charge in [-0.25, -0.2) is 17.6 Å². The Labute approximate surface area is 109 Å². The van der Waals surface area contributed by atoms with Gasteiger partial charge in [-0.15, -0.1) is 0 Å². The van der Waals surface area contributed by atoms with Crippen LogP contribution in [0.3, 0.4) is 0 Å². The molecule has 0 aromatic heterocycles. The van der Waals surface area contributed by atoms with Gasteiger partial charge >= 0.3 is 0 Å². The molecule has 1 aromatic rings. The smallest absolute Gasteiger partial charge is 0.261 e. The first-order chi connectivity index (χ1) is 8.91. The van der Waals surface area contributed by atoms with E-state index in [9.17, 15) is 17.6 Å². The summed E-state index contributed by atoms with van der Waals surface area (Å²) in [6, 6.07) is 1.85. The number of alkyl halides is 2. The van der Waals surface area contributed by atoms with Crippen LogP contribution in [0.25, 0.3) is 0 Å². The van der Waals surface area contributed by atoms with E-state index in [4.69, 9.17) is 0 Å². The summed E-state index contributed by atoms with van der Waals surface area (Å²) < 4.78 is 55.2. The van der Waals surface area contributed by atoms with Crippen molar-refractivity contribution >= 4 is 0 Å². The van der Waals surface area contributed by atoms with Crippen LogP contribution >= 0.6 is 0 Å². The molecule has 0 fully saturated rings. The maximum Gasteiger partial charge on any atom is 0.261 e. The second-order valence-electron chi connectivity index (χ2n) is 4.26. The fourth-order valence-electron chi connectivity index (χ4n) is 1.62. The minimum Gasteiger partial charge on any atom is -0.374 e. The highest BCUT2D eigenvalue weighted by molar-refractivity contribution is 5.27. The molecule has 0 heterocycles. The maximum atomic E-state index is 13.6. The molecule has 0 saturated carbocycles. The molecule has 0 amide bonds. The average molecular weight is 279 g/mol. The van der Waals surface area contributed by atoms with E-state index < -0.39 is 30.7 Å². The van der Waals surface area contributed by atoms with Crippen molar-refractivity contribution in [1.82, 2.24) is 5.32 Å².